The standard InChI is InChI=1S/C20H26N2O2/c1-13-2-4-14(5-3-13)6-9-18(23)21-11-19(24)22-12-17-15-7-8-16(10-15)20(17)22/h2-5,15-17,20H,6-12H2,1H3,(H,21,23). The van der Waals surface area contributed by atoms with Crippen molar-refractivity contribution < 1.29 is 9.59 Å². The average molecular weight is 326 g/mol. The van der Waals surface area contributed by atoms with Crippen LogP contribution in [0.1, 0.15) is 36.8 Å². The third kappa shape index (κ3) is 2.83. The van der Waals surface area contributed by atoms with Gasteiger partial charge in [0.1, 0.15) is 0 Å². The van der Waals surface area contributed by atoms with Gasteiger partial charge in [0, 0.05) is 24.9 Å². The summed E-state index contributed by atoms with van der Waals surface area (Å²) in [5.74, 6) is 2.43. The van der Waals surface area contributed by atoms with Crippen LogP contribution < -0.4 is 5.32 Å². The summed E-state index contributed by atoms with van der Waals surface area (Å²) >= 11 is 0. The van der Waals surface area contributed by atoms with Crippen LogP contribution in [-0.2, 0) is 16.0 Å². The number of likely N-dealkylation sites (tertiary alicyclic amines) is 1. The van der Waals surface area contributed by atoms with Gasteiger partial charge in [0.05, 0.1) is 6.54 Å². The van der Waals surface area contributed by atoms with E-state index in [1.807, 2.05) is 4.90 Å². The molecule has 2 saturated carbocycles. The minimum Gasteiger partial charge on any atom is -0.347 e. The Morgan fingerprint density at radius 2 is 1.92 bits per heavy atom. The minimum atomic E-state index is -0.0334. The second-order valence-corrected chi connectivity index (χ2v) is 7.80. The van der Waals surface area contributed by atoms with E-state index in [0.717, 1.165) is 36.3 Å². The second kappa shape index (κ2) is 6.23. The van der Waals surface area contributed by atoms with Gasteiger partial charge in [0.15, 0.2) is 0 Å². The third-order valence-electron chi connectivity index (χ3n) is 6.33. The molecule has 4 rings (SSSR count). The summed E-state index contributed by atoms with van der Waals surface area (Å²) < 4.78 is 0. The van der Waals surface area contributed by atoms with Gasteiger partial charge in [-0.05, 0) is 50.0 Å². The molecular formula is C20H26N2O2. The first kappa shape index (κ1) is 15.7. The number of nitrogens with one attached hydrogen (secondary N) is 1. The van der Waals surface area contributed by atoms with Crippen molar-refractivity contribution in [2.75, 3.05) is 13.1 Å². The summed E-state index contributed by atoms with van der Waals surface area (Å²) in [6.07, 6.45) is 5.13. The highest BCUT2D eigenvalue weighted by atomic mass is 16.2. The van der Waals surface area contributed by atoms with Crippen LogP contribution in [-0.4, -0.2) is 35.8 Å². The molecule has 0 spiro atoms. The summed E-state index contributed by atoms with van der Waals surface area (Å²) in [7, 11) is 0. The van der Waals surface area contributed by atoms with E-state index >= 15 is 0 Å². The second-order valence-electron chi connectivity index (χ2n) is 7.80. The first-order valence-corrected chi connectivity index (χ1v) is 9.23. The number of carbonyl (C=O) groups excluding carboxylic acids is 2. The van der Waals surface area contributed by atoms with Crippen molar-refractivity contribution in [1.29, 1.82) is 0 Å². The molecule has 0 aromatic heterocycles. The molecule has 128 valence electrons. The Labute approximate surface area is 143 Å². The van der Waals surface area contributed by atoms with E-state index in [0.29, 0.717) is 12.5 Å². The molecule has 4 heteroatoms. The van der Waals surface area contributed by atoms with Gasteiger partial charge in [-0.15, -0.1) is 0 Å². The molecule has 1 N–H and O–H groups in total. The predicted octanol–water partition coefficient (Wildman–Crippen LogP) is 2.30. The summed E-state index contributed by atoms with van der Waals surface area (Å²) in [5.41, 5.74) is 2.39. The lowest BCUT2D eigenvalue weighted by molar-refractivity contribution is -0.147. The number of aryl methyl sites for hydroxylation is 2. The van der Waals surface area contributed by atoms with E-state index in [1.54, 1.807) is 0 Å². The molecule has 1 heterocycles. The van der Waals surface area contributed by atoms with Gasteiger partial charge in [-0.25, -0.2) is 0 Å². The zero-order valence-electron chi connectivity index (χ0n) is 14.3. The molecule has 4 atom stereocenters. The van der Waals surface area contributed by atoms with Crippen molar-refractivity contribution in [3.63, 3.8) is 0 Å². The van der Waals surface area contributed by atoms with Gasteiger partial charge in [-0.2, -0.15) is 0 Å². The molecule has 1 aromatic carbocycles. The maximum absolute atomic E-state index is 12.4. The largest absolute Gasteiger partial charge is 0.347 e. The number of amides is 2. The average Bonchev–Trinajstić information content (AvgIpc) is 3.09. The van der Waals surface area contributed by atoms with Gasteiger partial charge in [0.25, 0.3) is 0 Å². The fourth-order valence-electron chi connectivity index (χ4n) is 4.98. The van der Waals surface area contributed by atoms with Crippen molar-refractivity contribution in [2.24, 2.45) is 17.8 Å². The maximum Gasteiger partial charge on any atom is 0.242 e. The van der Waals surface area contributed by atoms with Crippen LogP contribution >= 0.6 is 0 Å². The number of benzene rings is 1. The molecule has 4 unspecified atom stereocenters. The van der Waals surface area contributed by atoms with Crippen LogP contribution in [0.15, 0.2) is 24.3 Å². The van der Waals surface area contributed by atoms with Crippen molar-refractivity contribution in [3.05, 3.63) is 35.4 Å². The van der Waals surface area contributed by atoms with Crippen molar-refractivity contribution in [3.8, 4) is 0 Å². The van der Waals surface area contributed by atoms with Crippen LogP contribution in [0.25, 0.3) is 0 Å². The zero-order chi connectivity index (χ0) is 16.7. The van der Waals surface area contributed by atoms with Crippen molar-refractivity contribution in [2.45, 2.75) is 45.1 Å². The monoisotopic (exact) mass is 326 g/mol. The minimum absolute atomic E-state index is 0.0334. The first-order valence-electron chi connectivity index (χ1n) is 9.23. The molecule has 3 fully saturated rings. The fourth-order valence-corrected chi connectivity index (χ4v) is 4.98. The molecule has 0 radical (unpaired) electrons. The van der Waals surface area contributed by atoms with E-state index in [2.05, 4.69) is 36.5 Å². The van der Waals surface area contributed by atoms with E-state index < -0.39 is 0 Å². The molecule has 3 aliphatic rings. The molecule has 2 bridgehead atoms. The third-order valence-corrected chi connectivity index (χ3v) is 6.33. The Bertz CT molecular complexity index is 638. The topological polar surface area (TPSA) is 49.4 Å². The van der Waals surface area contributed by atoms with Crippen LogP contribution in [0.2, 0.25) is 0 Å². The Hall–Kier alpha value is -1.84. The SMILES string of the molecule is Cc1ccc(CCC(=O)NCC(=O)N2CC3C4CCC(C4)C32)cc1. The number of fused-ring (bicyclic) bond motifs is 5. The lowest BCUT2D eigenvalue weighted by atomic mass is 9.77. The summed E-state index contributed by atoms with van der Waals surface area (Å²) in [6, 6.07) is 8.73. The van der Waals surface area contributed by atoms with Gasteiger partial charge in [-0.1, -0.05) is 29.8 Å². The van der Waals surface area contributed by atoms with Crippen molar-refractivity contribution >= 4 is 11.8 Å². The maximum atomic E-state index is 12.4. The quantitative estimate of drug-likeness (QED) is 0.902. The van der Waals surface area contributed by atoms with Crippen molar-refractivity contribution in [1.82, 2.24) is 10.2 Å². The van der Waals surface area contributed by atoms with E-state index in [4.69, 9.17) is 0 Å². The van der Waals surface area contributed by atoms with Crippen LogP contribution in [0.4, 0.5) is 0 Å². The number of rotatable bonds is 5. The normalized spacial score (nSPS) is 30.0. The van der Waals surface area contributed by atoms with Gasteiger partial charge < -0.3 is 10.2 Å². The van der Waals surface area contributed by atoms with E-state index in [9.17, 15) is 9.59 Å². The summed E-state index contributed by atoms with van der Waals surface area (Å²) in [4.78, 5) is 26.4. The van der Waals surface area contributed by atoms with Crippen LogP contribution in [0, 0.1) is 24.7 Å². The van der Waals surface area contributed by atoms with E-state index in [1.165, 1.54) is 24.8 Å². The lowest BCUT2D eigenvalue weighted by Gasteiger charge is -2.50. The Morgan fingerprint density at radius 1 is 1.17 bits per heavy atom. The van der Waals surface area contributed by atoms with Gasteiger partial charge in [0.2, 0.25) is 11.8 Å². The van der Waals surface area contributed by atoms with E-state index in [-0.39, 0.29) is 18.4 Å². The smallest absolute Gasteiger partial charge is 0.242 e. The van der Waals surface area contributed by atoms with Gasteiger partial charge >= 0.3 is 0 Å². The zero-order valence-corrected chi connectivity index (χ0v) is 14.3. The highest BCUT2D eigenvalue weighted by Crippen LogP contribution is 2.55. The highest BCUT2D eigenvalue weighted by Gasteiger charge is 2.57. The van der Waals surface area contributed by atoms with Gasteiger partial charge in [-0.3, -0.25) is 9.59 Å². The summed E-state index contributed by atoms with van der Waals surface area (Å²) in [6.45, 7) is 3.13. The molecule has 4 nitrogen and oxygen atoms in total. The number of hydrogen-bond donors (Lipinski definition) is 1. The van der Waals surface area contributed by atoms with Crippen LogP contribution in [0.3, 0.4) is 0 Å². The molecule has 1 aliphatic heterocycles. The predicted molar refractivity (Wildman–Crippen MR) is 92.3 cm³/mol. The number of nitrogens with zero attached hydrogens (tertiary/aromatic N) is 1. The number of hydrogen-bond acceptors (Lipinski definition) is 2. The first-order chi connectivity index (χ1) is 11.6. The lowest BCUT2D eigenvalue weighted by Crippen LogP contribution is -2.62. The Morgan fingerprint density at radius 3 is 2.67 bits per heavy atom. The Balaban J connectivity index is 1.20. The Kier molecular flexibility index (Phi) is 4.07. The van der Waals surface area contributed by atoms with Crippen LogP contribution in [0.5, 0.6) is 0 Å². The summed E-state index contributed by atoms with van der Waals surface area (Å²) in [5, 5.41) is 2.81. The molecule has 1 saturated heterocycles. The molecule has 2 aliphatic carbocycles. The molecular weight excluding hydrogens is 300 g/mol. The molecule has 1 aromatic rings. The molecule has 24 heavy (non-hydrogen) atoms. The fraction of sp³-hybridized carbons (Fsp3) is 0.600. The highest BCUT2D eigenvalue weighted by molar-refractivity contribution is 5.85. The number of carbonyl (C=O) groups is 2. The molecule has 2 amide bonds.